The van der Waals surface area contributed by atoms with Gasteiger partial charge in [-0.2, -0.15) is 5.10 Å². The molecule has 2 heterocycles. The first-order valence-electron chi connectivity index (χ1n) is 9.76. The van der Waals surface area contributed by atoms with Crippen molar-refractivity contribution < 1.29 is 9.53 Å². The number of rotatable bonds is 4. The van der Waals surface area contributed by atoms with Crippen molar-refractivity contribution in [2.45, 2.75) is 46.3 Å². The number of piperazine rings is 1. The first-order valence-corrected chi connectivity index (χ1v) is 9.76. The number of carbonyl (C=O) groups excluding carboxylic acids is 1. The first-order chi connectivity index (χ1) is 13.3. The fraction of sp³-hybridized carbons (Fsp3) is 0.550. The molecular formula is C20H29N5O3. The molecule has 152 valence electrons. The van der Waals surface area contributed by atoms with Crippen molar-refractivity contribution in [3.8, 4) is 5.69 Å². The molecule has 1 aromatic carbocycles. The van der Waals surface area contributed by atoms with Crippen LogP contribution in [0.5, 0.6) is 0 Å². The molecule has 0 saturated carbocycles. The Morgan fingerprint density at radius 2 is 1.68 bits per heavy atom. The van der Waals surface area contributed by atoms with E-state index in [4.69, 9.17) is 4.74 Å². The fourth-order valence-corrected chi connectivity index (χ4v) is 3.18. The number of hydrogen-bond donors (Lipinski definition) is 0. The minimum absolute atomic E-state index is 0.124. The van der Waals surface area contributed by atoms with Crippen LogP contribution in [-0.2, 0) is 11.3 Å². The van der Waals surface area contributed by atoms with Gasteiger partial charge in [-0.15, -0.1) is 0 Å². The molecule has 0 atom stereocenters. The lowest BCUT2D eigenvalue weighted by Crippen LogP contribution is -2.50. The van der Waals surface area contributed by atoms with Gasteiger partial charge in [0, 0.05) is 38.4 Å². The van der Waals surface area contributed by atoms with Gasteiger partial charge in [0.05, 0.1) is 5.69 Å². The van der Waals surface area contributed by atoms with E-state index in [2.05, 4.69) is 10.00 Å². The lowest BCUT2D eigenvalue weighted by molar-refractivity contribution is 0.0240. The molecule has 1 aliphatic rings. The predicted octanol–water partition coefficient (Wildman–Crippen LogP) is 2.50. The van der Waals surface area contributed by atoms with Crippen LogP contribution < -0.4 is 10.6 Å². The zero-order valence-corrected chi connectivity index (χ0v) is 17.1. The topological polar surface area (TPSA) is 72.6 Å². The molecule has 1 fully saturated rings. The van der Waals surface area contributed by atoms with E-state index in [-0.39, 0.29) is 11.8 Å². The molecule has 0 unspecified atom stereocenters. The van der Waals surface area contributed by atoms with Crippen LogP contribution in [0.25, 0.3) is 5.69 Å². The quantitative estimate of drug-likeness (QED) is 0.806. The summed E-state index contributed by atoms with van der Waals surface area (Å²) in [5, 5.41) is 4.15. The molecule has 1 aliphatic heterocycles. The van der Waals surface area contributed by atoms with Gasteiger partial charge >= 0.3 is 11.8 Å². The Labute approximate surface area is 165 Å². The van der Waals surface area contributed by atoms with Crippen LogP contribution in [0.15, 0.2) is 35.4 Å². The molecule has 1 saturated heterocycles. The summed E-state index contributed by atoms with van der Waals surface area (Å²) in [7, 11) is 0. The van der Waals surface area contributed by atoms with E-state index in [0.717, 1.165) is 30.9 Å². The smallest absolute Gasteiger partial charge is 0.410 e. The molecule has 3 rings (SSSR count). The van der Waals surface area contributed by atoms with Crippen molar-refractivity contribution >= 4 is 11.8 Å². The molecular weight excluding hydrogens is 358 g/mol. The fourth-order valence-electron chi connectivity index (χ4n) is 3.18. The van der Waals surface area contributed by atoms with Gasteiger partial charge in [0.1, 0.15) is 11.9 Å². The molecule has 2 aromatic rings. The summed E-state index contributed by atoms with van der Waals surface area (Å²) in [4.78, 5) is 28.5. The number of anilines is 1. The van der Waals surface area contributed by atoms with Crippen LogP contribution in [0.4, 0.5) is 10.5 Å². The van der Waals surface area contributed by atoms with Gasteiger partial charge in [0.15, 0.2) is 0 Å². The summed E-state index contributed by atoms with van der Waals surface area (Å²) in [6.45, 7) is 11.0. The second-order valence-corrected chi connectivity index (χ2v) is 7.98. The number of nitrogens with zero attached hydrogens (tertiary/aromatic N) is 5. The summed E-state index contributed by atoms with van der Waals surface area (Å²) in [6.07, 6.45) is 2.17. The van der Waals surface area contributed by atoms with Crippen LogP contribution in [0, 0.1) is 0 Å². The molecule has 1 amide bonds. The molecule has 28 heavy (non-hydrogen) atoms. The average Bonchev–Trinajstić information content (AvgIpc) is 3.02. The second-order valence-electron chi connectivity index (χ2n) is 7.98. The van der Waals surface area contributed by atoms with Gasteiger partial charge in [-0.3, -0.25) is 0 Å². The van der Waals surface area contributed by atoms with Crippen molar-refractivity contribution in [1.29, 1.82) is 0 Å². The molecule has 0 aliphatic carbocycles. The summed E-state index contributed by atoms with van der Waals surface area (Å²) in [6, 6.07) is 7.86. The molecule has 1 aromatic heterocycles. The Balaban J connectivity index is 1.62. The van der Waals surface area contributed by atoms with Crippen molar-refractivity contribution in [2.75, 3.05) is 31.1 Å². The Kier molecular flexibility index (Phi) is 5.76. The highest BCUT2D eigenvalue weighted by Crippen LogP contribution is 2.19. The predicted molar refractivity (Wildman–Crippen MR) is 108 cm³/mol. The van der Waals surface area contributed by atoms with Crippen LogP contribution in [0.3, 0.4) is 0 Å². The van der Waals surface area contributed by atoms with Gasteiger partial charge < -0.3 is 14.5 Å². The Bertz CT molecular complexity index is 855. The highest BCUT2D eigenvalue weighted by molar-refractivity contribution is 5.68. The van der Waals surface area contributed by atoms with Crippen LogP contribution in [-0.4, -0.2) is 57.1 Å². The van der Waals surface area contributed by atoms with Gasteiger partial charge in [0.25, 0.3) is 0 Å². The zero-order valence-electron chi connectivity index (χ0n) is 17.1. The van der Waals surface area contributed by atoms with Crippen molar-refractivity contribution in [2.24, 2.45) is 0 Å². The van der Waals surface area contributed by atoms with E-state index in [1.165, 1.54) is 4.68 Å². The minimum atomic E-state index is -0.479. The number of aryl methyl sites for hydroxylation is 1. The lowest BCUT2D eigenvalue weighted by Gasteiger charge is -2.36. The summed E-state index contributed by atoms with van der Waals surface area (Å²) in [5.74, 6) is 0. The van der Waals surface area contributed by atoms with E-state index in [0.29, 0.717) is 19.6 Å². The maximum absolute atomic E-state index is 12.3. The highest BCUT2D eigenvalue weighted by atomic mass is 16.6. The first kappa shape index (κ1) is 20.0. The normalized spacial score (nSPS) is 15.0. The SMILES string of the molecule is CCCn1ncn(-c2ccc(N3CCN(C(=O)OC(C)(C)C)CC3)cc2)c1=O. The van der Waals surface area contributed by atoms with Crippen molar-refractivity contribution in [3.05, 3.63) is 41.1 Å². The number of benzene rings is 1. The number of aromatic nitrogens is 3. The largest absolute Gasteiger partial charge is 0.444 e. The van der Waals surface area contributed by atoms with Crippen LogP contribution in [0.2, 0.25) is 0 Å². The van der Waals surface area contributed by atoms with Gasteiger partial charge in [-0.25, -0.2) is 18.8 Å². The Hall–Kier alpha value is -2.77. The summed E-state index contributed by atoms with van der Waals surface area (Å²) in [5.41, 5.74) is 1.26. The molecule has 0 spiro atoms. The second kappa shape index (κ2) is 8.08. The Morgan fingerprint density at radius 1 is 1.07 bits per heavy atom. The maximum atomic E-state index is 12.3. The molecule has 8 heteroatoms. The number of carbonyl (C=O) groups is 1. The number of ether oxygens (including phenoxy) is 1. The van der Waals surface area contributed by atoms with Gasteiger partial charge in [-0.1, -0.05) is 6.92 Å². The third-order valence-electron chi connectivity index (χ3n) is 4.59. The molecule has 0 N–H and O–H groups in total. The van der Waals surface area contributed by atoms with Crippen molar-refractivity contribution in [3.63, 3.8) is 0 Å². The van der Waals surface area contributed by atoms with Gasteiger partial charge in [-0.05, 0) is 51.5 Å². The minimum Gasteiger partial charge on any atom is -0.444 e. The molecule has 0 radical (unpaired) electrons. The van der Waals surface area contributed by atoms with Crippen molar-refractivity contribution in [1.82, 2.24) is 19.2 Å². The van der Waals surface area contributed by atoms with E-state index < -0.39 is 5.60 Å². The van der Waals surface area contributed by atoms with Crippen LogP contribution in [0.1, 0.15) is 34.1 Å². The number of hydrogen-bond acceptors (Lipinski definition) is 5. The molecule has 0 bridgehead atoms. The van der Waals surface area contributed by atoms with E-state index >= 15 is 0 Å². The monoisotopic (exact) mass is 387 g/mol. The summed E-state index contributed by atoms with van der Waals surface area (Å²) >= 11 is 0. The summed E-state index contributed by atoms with van der Waals surface area (Å²) < 4.78 is 8.47. The standard InChI is InChI=1S/C20H29N5O3/c1-5-10-25-18(26)24(15-21-25)17-8-6-16(7-9-17)22-11-13-23(14-12-22)19(27)28-20(2,3)4/h6-9,15H,5,10-14H2,1-4H3. The highest BCUT2D eigenvalue weighted by Gasteiger charge is 2.25. The van der Waals surface area contributed by atoms with Crippen LogP contribution >= 0.6 is 0 Å². The van der Waals surface area contributed by atoms with E-state index in [1.54, 1.807) is 15.8 Å². The zero-order chi connectivity index (χ0) is 20.3. The maximum Gasteiger partial charge on any atom is 0.410 e. The van der Waals surface area contributed by atoms with Gasteiger partial charge in [0.2, 0.25) is 0 Å². The third kappa shape index (κ3) is 4.55. The average molecular weight is 387 g/mol. The number of amides is 1. The Morgan fingerprint density at radius 3 is 2.25 bits per heavy atom. The van der Waals surface area contributed by atoms with E-state index in [1.807, 2.05) is 52.0 Å². The molecule has 8 nitrogen and oxygen atoms in total. The lowest BCUT2D eigenvalue weighted by atomic mass is 10.2. The van der Waals surface area contributed by atoms with E-state index in [9.17, 15) is 9.59 Å². The third-order valence-corrected chi connectivity index (χ3v) is 4.59.